The highest BCUT2D eigenvalue weighted by Crippen LogP contribution is 2.20. The van der Waals surface area contributed by atoms with Gasteiger partial charge in [0.1, 0.15) is 5.75 Å². The summed E-state index contributed by atoms with van der Waals surface area (Å²) in [4.78, 5) is 13.7. The maximum absolute atomic E-state index is 11.7. The van der Waals surface area contributed by atoms with Crippen molar-refractivity contribution in [2.45, 2.75) is 6.04 Å². The van der Waals surface area contributed by atoms with Crippen LogP contribution < -0.4 is 15.4 Å². The first-order valence-electron chi connectivity index (χ1n) is 6.89. The Bertz CT molecular complexity index is 421. The van der Waals surface area contributed by atoms with Crippen LogP contribution in [0.2, 0.25) is 0 Å². The van der Waals surface area contributed by atoms with Crippen molar-refractivity contribution in [1.29, 1.82) is 0 Å². The van der Waals surface area contributed by atoms with Crippen molar-refractivity contribution in [1.82, 2.24) is 15.5 Å². The van der Waals surface area contributed by atoms with Crippen LogP contribution >= 0.6 is 0 Å². The number of methoxy groups -OCH3 is 2. The fourth-order valence-corrected chi connectivity index (χ4v) is 1.94. The minimum atomic E-state index is -0.188. The van der Waals surface area contributed by atoms with Crippen molar-refractivity contribution in [3.8, 4) is 5.75 Å². The van der Waals surface area contributed by atoms with Gasteiger partial charge >= 0.3 is 6.03 Å². The zero-order valence-electron chi connectivity index (χ0n) is 13.2. The molecule has 0 fully saturated rings. The standard InChI is InChI=1S/C15H25N3O3/c1-18(2)14(11-17-15(19)16-9-10-20-3)12-5-7-13(21-4)8-6-12/h5-8,14H,9-11H2,1-4H3,(H2,16,17,19). The summed E-state index contributed by atoms with van der Waals surface area (Å²) in [6.07, 6.45) is 0. The number of nitrogens with one attached hydrogen (secondary N) is 2. The molecule has 0 saturated heterocycles. The predicted octanol–water partition coefficient (Wildman–Crippen LogP) is 1.24. The van der Waals surface area contributed by atoms with E-state index < -0.39 is 0 Å². The topological polar surface area (TPSA) is 62.8 Å². The van der Waals surface area contributed by atoms with Gasteiger partial charge in [0.05, 0.1) is 19.8 Å². The number of urea groups is 1. The van der Waals surface area contributed by atoms with Gasteiger partial charge in [-0.25, -0.2) is 4.79 Å². The van der Waals surface area contributed by atoms with Gasteiger partial charge in [-0.15, -0.1) is 0 Å². The SMILES string of the molecule is COCCNC(=O)NCC(c1ccc(OC)cc1)N(C)C. The molecule has 0 spiro atoms. The van der Waals surface area contributed by atoms with E-state index >= 15 is 0 Å². The quantitative estimate of drug-likeness (QED) is 0.708. The van der Waals surface area contributed by atoms with Gasteiger partial charge < -0.3 is 25.0 Å². The fraction of sp³-hybridized carbons (Fsp3) is 0.533. The molecular formula is C15H25N3O3. The van der Waals surface area contributed by atoms with Crippen LogP contribution in [0.25, 0.3) is 0 Å². The number of ether oxygens (including phenoxy) is 2. The third-order valence-corrected chi connectivity index (χ3v) is 3.17. The van der Waals surface area contributed by atoms with E-state index in [0.717, 1.165) is 11.3 Å². The highest BCUT2D eigenvalue weighted by molar-refractivity contribution is 5.73. The molecule has 2 amide bonds. The second-order valence-corrected chi connectivity index (χ2v) is 4.88. The van der Waals surface area contributed by atoms with E-state index in [4.69, 9.17) is 9.47 Å². The molecule has 118 valence electrons. The smallest absolute Gasteiger partial charge is 0.314 e. The van der Waals surface area contributed by atoms with Crippen LogP contribution in [-0.2, 0) is 4.74 Å². The van der Waals surface area contributed by atoms with Crippen LogP contribution in [0.1, 0.15) is 11.6 Å². The van der Waals surface area contributed by atoms with Crippen molar-refractivity contribution in [3.05, 3.63) is 29.8 Å². The number of rotatable bonds is 8. The van der Waals surface area contributed by atoms with Crippen LogP contribution in [-0.4, -0.2) is 58.9 Å². The van der Waals surface area contributed by atoms with Gasteiger partial charge in [0.25, 0.3) is 0 Å². The Hall–Kier alpha value is -1.79. The van der Waals surface area contributed by atoms with Crippen molar-refractivity contribution < 1.29 is 14.3 Å². The van der Waals surface area contributed by atoms with Crippen molar-refractivity contribution in [2.24, 2.45) is 0 Å². The first-order valence-corrected chi connectivity index (χ1v) is 6.89. The molecule has 2 N–H and O–H groups in total. The first-order chi connectivity index (χ1) is 10.1. The van der Waals surface area contributed by atoms with Crippen molar-refractivity contribution in [2.75, 3.05) is 48.0 Å². The van der Waals surface area contributed by atoms with Crippen LogP contribution in [0.3, 0.4) is 0 Å². The maximum Gasteiger partial charge on any atom is 0.314 e. The average Bonchev–Trinajstić information content (AvgIpc) is 2.48. The van der Waals surface area contributed by atoms with Gasteiger partial charge in [-0.1, -0.05) is 12.1 Å². The summed E-state index contributed by atoms with van der Waals surface area (Å²) in [5.74, 6) is 0.821. The Labute approximate surface area is 126 Å². The van der Waals surface area contributed by atoms with E-state index in [0.29, 0.717) is 19.7 Å². The minimum Gasteiger partial charge on any atom is -0.497 e. The second-order valence-electron chi connectivity index (χ2n) is 4.88. The van der Waals surface area contributed by atoms with E-state index in [1.165, 1.54) is 0 Å². The van der Waals surface area contributed by atoms with Gasteiger partial charge in [-0.2, -0.15) is 0 Å². The molecule has 0 bridgehead atoms. The number of likely N-dealkylation sites (N-methyl/N-ethyl adjacent to an activating group) is 1. The number of hydrogen-bond donors (Lipinski definition) is 2. The summed E-state index contributed by atoms with van der Waals surface area (Å²) in [6.45, 7) is 1.53. The van der Waals surface area contributed by atoms with Crippen molar-refractivity contribution >= 4 is 6.03 Å². The first kappa shape index (κ1) is 17.3. The summed E-state index contributed by atoms with van der Waals surface area (Å²) in [6, 6.07) is 7.77. The van der Waals surface area contributed by atoms with E-state index in [-0.39, 0.29) is 12.1 Å². The number of benzene rings is 1. The normalized spacial score (nSPS) is 12.0. The molecule has 1 atom stereocenters. The molecule has 1 unspecified atom stereocenters. The average molecular weight is 295 g/mol. The Morgan fingerprint density at radius 1 is 1.19 bits per heavy atom. The lowest BCUT2D eigenvalue weighted by molar-refractivity contribution is 0.194. The summed E-state index contributed by atoms with van der Waals surface area (Å²) in [5, 5.41) is 5.61. The Morgan fingerprint density at radius 3 is 2.38 bits per heavy atom. The van der Waals surface area contributed by atoms with Crippen LogP contribution in [0.4, 0.5) is 4.79 Å². The minimum absolute atomic E-state index is 0.101. The lowest BCUT2D eigenvalue weighted by Crippen LogP contribution is -2.41. The summed E-state index contributed by atoms with van der Waals surface area (Å²) in [7, 11) is 7.22. The molecular weight excluding hydrogens is 270 g/mol. The molecule has 0 aliphatic heterocycles. The van der Waals surface area contributed by atoms with Gasteiger partial charge in [-0.3, -0.25) is 0 Å². The molecule has 0 aromatic heterocycles. The highest BCUT2D eigenvalue weighted by atomic mass is 16.5. The Balaban J connectivity index is 2.55. The molecule has 1 rings (SSSR count). The monoisotopic (exact) mass is 295 g/mol. The van der Waals surface area contributed by atoms with Crippen LogP contribution in [0, 0.1) is 0 Å². The molecule has 0 aliphatic rings. The van der Waals surface area contributed by atoms with Crippen LogP contribution in [0.5, 0.6) is 5.75 Å². The number of carbonyl (C=O) groups excluding carboxylic acids is 1. The molecule has 0 aliphatic carbocycles. The lowest BCUT2D eigenvalue weighted by atomic mass is 10.1. The molecule has 6 heteroatoms. The largest absolute Gasteiger partial charge is 0.497 e. The van der Waals surface area contributed by atoms with Crippen LogP contribution in [0.15, 0.2) is 24.3 Å². The molecule has 1 aromatic rings. The Kier molecular flexibility index (Phi) is 7.56. The van der Waals surface area contributed by atoms with Crippen molar-refractivity contribution in [3.63, 3.8) is 0 Å². The Morgan fingerprint density at radius 2 is 1.86 bits per heavy atom. The van der Waals surface area contributed by atoms with Gasteiger partial charge in [-0.05, 0) is 31.8 Å². The number of nitrogens with zero attached hydrogens (tertiary/aromatic N) is 1. The van der Waals surface area contributed by atoms with E-state index in [9.17, 15) is 4.79 Å². The molecule has 0 radical (unpaired) electrons. The second kappa shape index (κ2) is 9.20. The van der Waals surface area contributed by atoms with E-state index in [1.54, 1.807) is 14.2 Å². The number of amides is 2. The predicted molar refractivity (Wildman–Crippen MR) is 82.7 cm³/mol. The molecule has 21 heavy (non-hydrogen) atoms. The summed E-state index contributed by atoms with van der Waals surface area (Å²) >= 11 is 0. The van der Waals surface area contributed by atoms with Gasteiger partial charge in [0.15, 0.2) is 0 Å². The fourth-order valence-electron chi connectivity index (χ4n) is 1.94. The molecule has 0 heterocycles. The number of hydrogen-bond acceptors (Lipinski definition) is 4. The zero-order valence-corrected chi connectivity index (χ0v) is 13.2. The number of carbonyl (C=O) groups is 1. The molecule has 1 aromatic carbocycles. The van der Waals surface area contributed by atoms with E-state index in [2.05, 4.69) is 15.5 Å². The van der Waals surface area contributed by atoms with E-state index in [1.807, 2.05) is 38.4 Å². The van der Waals surface area contributed by atoms with Gasteiger partial charge in [0.2, 0.25) is 0 Å². The third-order valence-electron chi connectivity index (χ3n) is 3.17. The molecule has 0 saturated carbocycles. The zero-order chi connectivity index (χ0) is 15.7. The highest BCUT2D eigenvalue weighted by Gasteiger charge is 2.15. The molecule has 6 nitrogen and oxygen atoms in total. The third kappa shape index (κ3) is 6.01. The summed E-state index contributed by atoms with van der Waals surface area (Å²) in [5.41, 5.74) is 1.12. The summed E-state index contributed by atoms with van der Waals surface area (Å²) < 4.78 is 10.0. The van der Waals surface area contributed by atoms with Gasteiger partial charge in [0, 0.05) is 20.2 Å². The maximum atomic E-state index is 11.7. The lowest BCUT2D eigenvalue weighted by Gasteiger charge is -2.25.